The molecule has 11 nitrogen and oxygen atoms in total. The predicted octanol–water partition coefficient (Wildman–Crippen LogP) is 2.87. The van der Waals surface area contributed by atoms with Crippen LogP contribution in [-0.4, -0.2) is 66.9 Å². The summed E-state index contributed by atoms with van der Waals surface area (Å²) in [7, 11) is 0. The number of carbonyl (C=O) groups excluding carboxylic acids is 1. The van der Waals surface area contributed by atoms with E-state index < -0.39 is 10.7 Å². The SMILES string of the molecule is O=C(c1cc([N+](=O)[O-])ccc1Cl)N1CCN(c2ncnc3c2nnn3-c2cccc(F)c2)CC1. The second-order valence-corrected chi connectivity index (χ2v) is 7.96. The number of nitro groups is 1. The predicted molar refractivity (Wildman–Crippen MR) is 121 cm³/mol. The van der Waals surface area contributed by atoms with Crippen molar-refractivity contribution in [3.8, 4) is 5.69 Å². The highest BCUT2D eigenvalue weighted by Crippen LogP contribution is 2.26. The Morgan fingerprint density at radius 3 is 2.62 bits per heavy atom. The molecule has 1 saturated heterocycles. The molecule has 0 spiro atoms. The molecule has 0 atom stereocenters. The quantitative estimate of drug-likeness (QED) is 0.321. The minimum atomic E-state index is -0.567. The van der Waals surface area contributed by atoms with E-state index in [0.717, 1.165) is 0 Å². The molecule has 0 N–H and O–H groups in total. The lowest BCUT2D eigenvalue weighted by Crippen LogP contribution is -2.49. The largest absolute Gasteiger partial charge is 0.351 e. The first-order chi connectivity index (χ1) is 16.4. The number of anilines is 1. The molecular weight excluding hydrogens is 467 g/mol. The summed E-state index contributed by atoms with van der Waals surface area (Å²) in [5.41, 5.74) is 1.25. The van der Waals surface area contributed by atoms with Crippen LogP contribution in [0.25, 0.3) is 16.9 Å². The molecule has 0 unspecified atom stereocenters. The molecule has 13 heteroatoms. The van der Waals surface area contributed by atoms with E-state index in [1.807, 2.05) is 4.90 Å². The number of nitrogens with zero attached hydrogens (tertiary/aromatic N) is 8. The minimum Gasteiger partial charge on any atom is -0.351 e. The fourth-order valence-corrected chi connectivity index (χ4v) is 4.03. The van der Waals surface area contributed by atoms with Gasteiger partial charge in [-0.1, -0.05) is 22.9 Å². The molecule has 1 aliphatic rings. The van der Waals surface area contributed by atoms with Crippen molar-refractivity contribution in [2.45, 2.75) is 0 Å². The Hall–Kier alpha value is -4.19. The van der Waals surface area contributed by atoms with E-state index in [1.165, 1.54) is 41.3 Å². The number of carbonyl (C=O) groups is 1. The van der Waals surface area contributed by atoms with E-state index in [0.29, 0.717) is 48.8 Å². The van der Waals surface area contributed by atoms with E-state index in [9.17, 15) is 19.3 Å². The van der Waals surface area contributed by atoms with Gasteiger partial charge in [0.1, 0.15) is 12.1 Å². The summed E-state index contributed by atoms with van der Waals surface area (Å²) in [5, 5.41) is 19.5. The Morgan fingerprint density at radius 1 is 1.09 bits per heavy atom. The van der Waals surface area contributed by atoms with Crippen molar-refractivity contribution in [2.24, 2.45) is 0 Å². The minimum absolute atomic E-state index is 0.0896. The Kier molecular flexibility index (Phi) is 5.49. The maximum Gasteiger partial charge on any atom is 0.270 e. The second kappa shape index (κ2) is 8.63. The summed E-state index contributed by atoms with van der Waals surface area (Å²) in [6, 6.07) is 9.74. The van der Waals surface area contributed by atoms with Gasteiger partial charge in [0, 0.05) is 38.3 Å². The lowest BCUT2D eigenvalue weighted by molar-refractivity contribution is -0.384. The number of amides is 1. The second-order valence-electron chi connectivity index (χ2n) is 7.55. The molecular formula is C21H16ClFN8O3. The fourth-order valence-electron chi connectivity index (χ4n) is 3.83. The van der Waals surface area contributed by atoms with Crippen molar-refractivity contribution in [3.63, 3.8) is 0 Å². The van der Waals surface area contributed by atoms with Crippen LogP contribution in [0.1, 0.15) is 10.4 Å². The van der Waals surface area contributed by atoms with Crippen molar-refractivity contribution < 1.29 is 14.1 Å². The lowest BCUT2D eigenvalue weighted by Gasteiger charge is -2.35. The number of rotatable bonds is 4. The van der Waals surface area contributed by atoms with Crippen molar-refractivity contribution >= 4 is 40.2 Å². The van der Waals surface area contributed by atoms with E-state index in [4.69, 9.17) is 11.6 Å². The highest BCUT2D eigenvalue weighted by Gasteiger charge is 2.27. The van der Waals surface area contributed by atoms with Gasteiger partial charge in [-0.2, -0.15) is 4.68 Å². The number of hydrogen-bond donors (Lipinski definition) is 0. The fraction of sp³-hybridized carbons (Fsp3) is 0.190. The van der Waals surface area contributed by atoms with Gasteiger partial charge in [0.2, 0.25) is 0 Å². The molecule has 4 aromatic rings. The van der Waals surface area contributed by atoms with Crippen molar-refractivity contribution in [1.29, 1.82) is 0 Å². The van der Waals surface area contributed by atoms with Gasteiger partial charge in [0.25, 0.3) is 11.6 Å². The van der Waals surface area contributed by atoms with Crippen LogP contribution in [0.15, 0.2) is 48.8 Å². The Morgan fingerprint density at radius 2 is 1.88 bits per heavy atom. The topological polar surface area (TPSA) is 123 Å². The first kappa shape index (κ1) is 21.6. The summed E-state index contributed by atoms with van der Waals surface area (Å²) in [6.07, 6.45) is 1.39. The molecule has 0 radical (unpaired) electrons. The van der Waals surface area contributed by atoms with Crippen LogP contribution in [0.2, 0.25) is 5.02 Å². The monoisotopic (exact) mass is 482 g/mol. The number of halogens is 2. The highest BCUT2D eigenvalue weighted by molar-refractivity contribution is 6.33. The summed E-state index contributed by atoms with van der Waals surface area (Å²) >= 11 is 6.13. The molecule has 2 aromatic carbocycles. The Labute approximate surface area is 196 Å². The molecule has 2 aromatic heterocycles. The van der Waals surface area contributed by atoms with Crippen LogP contribution in [0.5, 0.6) is 0 Å². The smallest absolute Gasteiger partial charge is 0.270 e. The zero-order valence-corrected chi connectivity index (χ0v) is 18.3. The zero-order chi connectivity index (χ0) is 23.8. The third-order valence-corrected chi connectivity index (χ3v) is 5.86. The van der Waals surface area contributed by atoms with Gasteiger partial charge < -0.3 is 9.80 Å². The van der Waals surface area contributed by atoms with Gasteiger partial charge >= 0.3 is 0 Å². The van der Waals surface area contributed by atoms with Crippen molar-refractivity contribution in [1.82, 2.24) is 29.9 Å². The summed E-state index contributed by atoms with van der Waals surface area (Å²) in [6.45, 7) is 1.58. The van der Waals surface area contributed by atoms with Crippen molar-refractivity contribution in [2.75, 3.05) is 31.1 Å². The first-order valence-electron chi connectivity index (χ1n) is 10.2. The number of fused-ring (bicyclic) bond motifs is 1. The summed E-state index contributed by atoms with van der Waals surface area (Å²) < 4.78 is 15.1. The van der Waals surface area contributed by atoms with Gasteiger partial charge in [0.15, 0.2) is 17.0 Å². The van der Waals surface area contributed by atoms with Crippen LogP contribution in [-0.2, 0) is 0 Å². The Balaban J connectivity index is 1.36. The van der Waals surface area contributed by atoms with Crippen LogP contribution in [0, 0.1) is 15.9 Å². The highest BCUT2D eigenvalue weighted by atomic mass is 35.5. The molecule has 0 aliphatic carbocycles. The number of hydrogen-bond acceptors (Lipinski definition) is 8. The first-order valence-corrected chi connectivity index (χ1v) is 10.6. The van der Waals surface area contributed by atoms with Gasteiger partial charge in [-0.15, -0.1) is 5.10 Å². The van der Waals surface area contributed by atoms with E-state index >= 15 is 0 Å². The molecule has 3 heterocycles. The standard InChI is InChI=1S/C21H16ClFN8O3/c22-17-5-4-15(31(33)34)11-16(17)21(32)29-8-6-28(7-9-29)19-18-20(25-12-24-19)30(27-26-18)14-3-1-2-13(23)10-14/h1-5,10-12H,6-9H2. The van der Waals surface area contributed by atoms with Crippen LogP contribution in [0.4, 0.5) is 15.9 Å². The molecule has 0 bridgehead atoms. The maximum absolute atomic E-state index is 13.7. The molecule has 1 amide bonds. The number of benzene rings is 2. The lowest BCUT2D eigenvalue weighted by atomic mass is 10.1. The van der Waals surface area contributed by atoms with E-state index in [-0.39, 0.29) is 22.2 Å². The van der Waals surface area contributed by atoms with Crippen molar-refractivity contribution in [3.05, 3.63) is 75.3 Å². The molecule has 0 saturated carbocycles. The van der Waals surface area contributed by atoms with Crippen LogP contribution < -0.4 is 4.90 Å². The zero-order valence-electron chi connectivity index (χ0n) is 17.5. The van der Waals surface area contributed by atoms with Gasteiger partial charge in [-0.25, -0.2) is 14.4 Å². The normalized spacial score (nSPS) is 13.9. The van der Waals surface area contributed by atoms with Gasteiger partial charge in [-0.3, -0.25) is 14.9 Å². The number of non-ortho nitro benzene ring substituents is 1. The molecule has 1 fully saturated rings. The third-order valence-electron chi connectivity index (χ3n) is 5.53. The van der Waals surface area contributed by atoms with Crippen LogP contribution >= 0.6 is 11.6 Å². The van der Waals surface area contributed by atoms with E-state index in [1.54, 1.807) is 17.0 Å². The van der Waals surface area contributed by atoms with Crippen LogP contribution in [0.3, 0.4) is 0 Å². The van der Waals surface area contributed by atoms with Gasteiger partial charge in [-0.05, 0) is 24.3 Å². The summed E-state index contributed by atoms with van der Waals surface area (Å²) in [4.78, 5) is 35.6. The molecule has 5 rings (SSSR count). The maximum atomic E-state index is 13.7. The number of aromatic nitrogens is 5. The third kappa shape index (κ3) is 3.88. The number of nitro benzene ring substituents is 1. The van der Waals surface area contributed by atoms with Gasteiger partial charge in [0.05, 0.1) is 21.2 Å². The van der Waals surface area contributed by atoms with E-state index in [2.05, 4.69) is 20.3 Å². The Bertz CT molecular complexity index is 1420. The summed E-state index contributed by atoms with van der Waals surface area (Å²) in [5.74, 6) is -0.230. The molecule has 172 valence electrons. The molecule has 1 aliphatic heterocycles. The average Bonchev–Trinajstić information content (AvgIpc) is 3.28. The molecule has 34 heavy (non-hydrogen) atoms. The number of piperazine rings is 1. The average molecular weight is 483 g/mol.